The highest BCUT2D eigenvalue weighted by Gasteiger charge is 2.27. The standard InChI is InChI=1S/C12H19NO4/c1-9(14)3-4-12(16)13-5-6-17-8-11(13)7-10(2)15/h11H,3-8H2,1-2H3. The van der Waals surface area contributed by atoms with E-state index in [1.165, 1.54) is 13.8 Å². The zero-order valence-electron chi connectivity index (χ0n) is 10.4. The minimum atomic E-state index is -0.166. The van der Waals surface area contributed by atoms with E-state index in [0.29, 0.717) is 26.2 Å². The molecular weight excluding hydrogens is 222 g/mol. The van der Waals surface area contributed by atoms with Gasteiger partial charge in [-0.05, 0) is 13.8 Å². The van der Waals surface area contributed by atoms with E-state index in [-0.39, 0.29) is 36.4 Å². The second-order valence-corrected chi connectivity index (χ2v) is 4.42. The molecular formula is C12H19NO4. The number of Topliss-reactive ketones (excluding diaryl/α,β-unsaturated/α-hetero) is 2. The molecule has 1 aliphatic heterocycles. The minimum absolute atomic E-state index is 0.00901. The van der Waals surface area contributed by atoms with Gasteiger partial charge in [-0.2, -0.15) is 0 Å². The summed E-state index contributed by atoms with van der Waals surface area (Å²) in [5, 5.41) is 0. The smallest absolute Gasteiger partial charge is 0.223 e. The normalized spacial score (nSPS) is 20.1. The molecule has 0 aromatic rings. The molecule has 1 heterocycles. The fraction of sp³-hybridized carbons (Fsp3) is 0.750. The molecule has 0 radical (unpaired) electrons. The van der Waals surface area contributed by atoms with Crippen molar-refractivity contribution in [2.24, 2.45) is 0 Å². The fourth-order valence-electron chi connectivity index (χ4n) is 1.91. The van der Waals surface area contributed by atoms with Crippen LogP contribution in [0.2, 0.25) is 0 Å². The van der Waals surface area contributed by atoms with Crippen LogP contribution in [-0.4, -0.2) is 48.2 Å². The summed E-state index contributed by atoms with van der Waals surface area (Å²) in [5.74, 6) is -0.00524. The SMILES string of the molecule is CC(=O)CCC(=O)N1CCOCC1CC(C)=O. The molecule has 0 aromatic heterocycles. The third-order valence-corrected chi connectivity index (χ3v) is 2.76. The van der Waals surface area contributed by atoms with Gasteiger partial charge in [0.15, 0.2) is 0 Å². The Morgan fingerprint density at radius 2 is 1.88 bits per heavy atom. The highest BCUT2D eigenvalue weighted by molar-refractivity contribution is 5.84. The number of ketones is 2. The predicted molar refractivity (Wildman–Crippen MR) is 61.5 cm³/mol. The maximum absolute atomic E-state index is 11.9. The molecule has 1 amide bonds. The van der Waals surface area contributed by atoms with Crippen LogP contribution < -0.4 is 0 Å². The summed E-state index contributed by atoms with van der Waals surface area (Å²) in [6.45, 7) is 4.40. The Labute approximate surface area is 101 Å². The number of ether oxygens (including phenoxy) is 1. The van der Waals surface area contributed by atoms with Crippen molar-refractivity contribution in [1.29, 1.82) is 0 Å². The zero-order valence-corrected chi connectivity index (χ0v) is 10.4. The Bertz CT molecular complexity index is 314. The lowest BCUT2D eigenvalue weighted by molar-refractivity contribution is -0.142. The summed E-state index contributed by atoms with van der Waals surface area (Å²) >= 11 is 0. The van der Waals surface area contributed by atoms with Crippen LogP contribution in [0, 0.1) is 0 Å². The molecule has 0 aliphatic carbocycles. The quantitative estimate of drug-likeness (QED) is 0.705. The third kappa shape index (κ3) is 4.65. The van der Waals surface area contributed by atoms with Gasteiger partial charge in [-0.15, -0.1) is 0 Å². The minimum Gasteiger partial charge on any atom is -0.377 e. The van der Waals surface area contributed by atoms with E-state index in [2.05, 4.69) is 0 Å². The molecule has 5 heteroatoms. The van der Waals surface area contributed by atoms with Crippen molar-refractivity contribution >= 4 is 17.5 Å². The first-order valence-corrected chi connectivity index (χ1v) is 5.86. The molecule has 0 N–H and O–H groups in total. The number of nitrogens with zero attached hydrogens (tertiary/aromatic N) is 1. The first kappa shape index (κ1) is 13.8. The first-order valence-electron chi connectivity index (χ1n) is 5.86. The summed E-state index contributed by atoms with van der Waals surface area (Å²) < 4.78 is 5.28. The lowest BCUT2D eigenvalue weighted by atomic mass is 10.1. The van der Waals surface area contributed by atoms with Crippen LogP contribution in [0.5, 0.6) is 0 Å². The lowest BCUT2D eigenvalue weighted by Crippen LogP contribution is -2.49. The van der Waals surface area contributed by atoms with Gasteiger partial charge in [0.1, 0.15) is 11.6 Å². The summed E-state index contributed by atoms with van der Waals surface area (Å²) in [6.07, 6.45) is 0.818. The molecule has 0 bridgehead atoms. The van der Waals surface area contributed by atoms with Crippen molar-refractivity contribution in [3.8, 4) is 0 Å². The van der Waals surface area contributed by atoms with E-state index < -0.39 is 0 Å². The number of morpholine rings is 1. The summed E-state index contributed by atoms with van der Waals surface area (Å²) in [7, 11) is 0. The number of carbonyl (C=O) groups is 3. The van der Waals surface area contributed by atoms with Crippen molar-refractivity contribution < 1.29 is 19.1 Å². The molecule has 0 saturated carbocycles. The fourth-order valence-corrected chi connectivity index (χ4v) is 1.91. The second kappa shape index (κ2) is 6.49. The van der Waals surface area contributed by atoms with E-state index in [1.807, 2.05) is 0 Å². The molecule has 17 heavy (non-hydrogen) atoms. The van der Waals surface area contributed by atoms with Crippen LogP contribution in [0.4, 0.5) is 0 Å². The van der Waals surface area contributed by atoms with Crippen molar-refractivity contribution in [2.45, 2.75) is 39.2 Å². The van der Waals surface area contributed by atoms with E-state index in [4.69, 9.17) is 4.74 Å². The number of carbonyl (C=O) groups excluding carboxylic acids is 3. The summed E-state index contributed by atoms with van der Waals surface area (Å²) in [4.78, 5) is 35.5. The van der Waals surface area contributed by atoms with Crippen molar-refractivity contribution in [3.05, 3.63) is 0 Å². The highest BCUT2D eigenvalue weighted by atomic mass is 16.5. The van der Waals surface area contributed by atoms with Crippen LogP contribution in [-0.2, 0) is 19.1 Å². The predicted octanol–water partition coefficient (Wildman–Crippen LogP) is 0.562. The van der Waals surface area contributed by atoms with Gasteiger partial charge in [0.2, 0.25) is 5.91 Å². The topological polar surface area (TPSA) is 63.7 Å². The molecule has 1 aliphatic rings. The first-order chi connectivity index (χ1) is 8.00. The van der Waals surface area contributed by atoms with Crippen LogP contribution >= 0.6 is 0 Å². The molecule has 96 valence electrons. The van der Waals surface area contributed by atoms with E-state index >= 15 is 0 Å². The number of hydrogen-bond donors (Lipinski definition) is 0. The van der Waals surface area contributed by atoms with E-state index in [1.54, 1.807) is 4.90 Å². The number of hydrogen-bond acceptors (Lipinski definition) is 4. The molecule has 1 saturated heterocycles. The second-order valence-electron chi connectivity index (χ2n) is 4.42. The van der Waals surface area contributed by atoms with Gasteiger partial charge in [0, 0.05) is 25.8 Å². The Hall–Kier alpha value is -1.23. The van der Waals surface area contributed by atoms with Crippen LogP contribution in [0.3, 0.4) is 0 Å². The molecule has 1 rings (SSSR count). The van der Waals surface area contributed by atoms with Gasteiger partial charge in [0.25, 0.3) is 0 Å². The Kier molecular flexibility index (Phi) is 5.28. The van der Waals surface area contributed by atoms with Gasteiger partial charge >= 0.3 is 0 Å². The van der Waals surface area contributed by atoms with Crippen LogP contribution in [0.15, 0.2) is 0 Å². The van der Waals surface area contributed by atoms with Crippen molar-refractivity contribution in [2.75, 3.05) is 19.8 Å². The van der Waals surface area contributed by atoms with E-state index in [0.717, 1.165) is 0 Å². The lowest BCUT2D eigenvalue weighted by Gasteiger charge is -2.35. The van der Waals surface area contributed by atoms with Gasteiger partial charge in [-0.3, -0.25) is 9.59 Å². The molecule has 1 unspecified atom stereocenters. The third-order valence-electron chi connectivity index (χ3n) is 2.76. The van der Waals surface area contributed by atoms with Gasteiger partial charge < -0.3 is 14.4 Å². The Morgan fingerprint density at radius 1 is 1.18 bits per heavy atom. The molecule has 1 fully saturated rings. The van der Waals surface area contributed by atoms with Crippen molar-refractivity contribution in [3.63, 3.8) is 0 Å². The average Bonchev–Trinajstić information content (AvgIpc) is 2.25. The van der Waals surface area contributed by atoms with E-state index in [9.17, 15) is 14.4 Å². The zero-order chi connectivity index (χ0) is 12.8. The maximum atomic E-state index is 11.9. The number of amides is 1. The highest BCUT2D eigenvalue weighted by Crippen LogP contribution is 2.13. The van der Waals surface area contributed by atoms with Crippen LogP contribution in [0.25, 0.3) is 0 Å². The largest absolute Gasteiger partial charge is 0.377 e. The van der Waals surface area contributed by atoms with Gasteiger partial charge in [-0.1, -0.05) is 0 Å². The Morgan fingerprint density at radius 3 is 2.47 bits per heavy atom. The Balaban J connectivity index is 2.54. The average molecular weight is 241 g/mol. The van der Waals surface area contributed by atoms with Gasteiger partial charge in [-0.25, -0.2) is 0 Å². The van der Waals surface area contributed by atoms with Crippen LogP contribution in [0.1, 0.15) is 33.1 Å². The van der Waals surface area contributed by atoms with Gasteiger partial charge in [0.05, 0.1) is 19.3 Å². The molecule has 0 spiro atoms. The summed E-state index contributed by atoms with van der Waals surface area (Å²) in [5.41, 5.74) is 0. The molecule has 1 atom stereocenters. The summed E-state index contributed by atoms with van der Waals surface area (Å²) in [6, 6.07) is -0.166. The molecule has 0 aromatic carbocycles. The number of rotatable bonds is 5. The molecule has 5 nitrogen and oxygen atoms in total. The van der Waals surface area contributed by atoms with Crippen molar-refractivity contribution in [1.82, 2.24) is 4.90 Å². The monoisotopic (exact) mass is 241 g/mol. The maximum Gasteiger partial charge on any atom is 0.223 e.